The smallest absolute Gasteiger partial charge is 0.417 e. The van der Waals surface area contributed by atoms with E-state index in [-0.39, 0.29) is 0 Å². The average Bonchev–Trinajstić information content (AvgIpc) is 2.84. The molecule has 0 spiro atoms. The first-order valence-corrected chi connectivity index (χ1v) is 11.7. The molecule has 0 aliphatic carbocycles. The summed E-state index contributed by atoms with van der Waals surface area (Å²) in [6, 6.07) is 36.2. The summed E-state index contributed by atoms with van der Waals surface area (Å²) < 4.78 is 24.6. The number of fused-ring (bicyclic) bond motifs is 6. The number of rotatable bonds is 4. The summed E-state index contributed by atoms with van der Waals surface area (Å²) in [6.45, 7) is 0. The zero-order chi connectivity index (χ0) is 21.5. The van der Waals surface area contributed by atoms with Crippen molar-refractivity contribution in [3.63, 3.8) is 0 Å². The van der Waals surface area contributed by atoms with Gasteiger partial charge in [-0.25, -0.2) is 4.57 Å². The monoisotopic (exact) mass is 434 g/mol. The molecule has 0 aliphatic heterocycles. The van der Waals surface area contributed by atoms with E-state index < -0.39 is 8.25 Å². The molecular weight excluding hydrogens is 415 g/mol. The molecule has 0 bridgehead atoms. The van der Waals surface area contributed by atoms with E-state index >= 15 is 0 Å². The van der Waals surface area contributed by atoms with Gasteiger partial charge in [0.1, 0.15) is 11.5 Å². The highest BCUT2D eigenvalue weighted by molar-refractivity contribution is 7.34. The van der Waals surface area contributed by atoms with Gasteiger partial charge in [-0.05, 0) is 44.5 Å². The summed E-state index contributed by atoms with van der Waals surface area (Å²) >= 11 is 0. The molecular formula is C28H19O3P. The molecule has 6 aromatic carbocycles. The second-order valence-electron chi connectivity index (χ2n) is 7.73. The highest BCUT2D eigenvalue weighted by atomic mass is 31.1. The van der Waals surface area contributed by atoms with Crippen LogP contribution in [-0.2, 0) is 4.57 Å². The van der Waals surface area contributed by atoms with Crippen LogP contribution < -0.4 is 9.05 Å². The second-order valence-corrected chi connectivity index (χ2v) is 8.64. The Morgan fingerprint density at radius 1 is 0.406 bits per heavy atom. The summed E-state index contributed by atoms with van der Waals surface area (Å²) in [5.41, 5.74) is 0. The van der Waals surface area contributed by atoms with Crippen LogP contribution in [0, 0.1) is 0 Å². The van der Waals surface area contributed by atoms with E-state index in [1.165, 1.54) is 0 Å². The molecule has 4 heteroatoms. The lowest BCUT2D eigenvalue weighted by molar-refractivity contribution is 0.419. The third-order valence-corrected chi connectivity index (χ3v) is 6.65. The van der Waals surface area contributed by atoms with Crippen molar-refractivity contribution in [3.8, 4) is 11.5 Å². The predicted octanol–water partition coefficient (Wildman–Crippen LogP) is 8.15. The van der Waals surface area contributed by atoms with Gasteiger partial charge in [-0.3, -0.25) is 0 Å². The van der Waals surface area contributed by atoms with Gasteiger partial charge in [-0.15, -0.1) is 0 Å². The Bertz CT molecular complexity index is 1530. The van der Waals surface area contributed by atoms with E-state index in [4.69, 9.17) is 9.05 Å². The molecule has 0 aliphatic rings. The van der Waals surface area contributed by atoms with Gasteiger partial charge in [0.25, 0.3) is 0 Å². The highest BCUT2D eigenvalue weighted by Gasteiger charge is 2.12. The van der Waals surface area contributed by atoms with Crippen LogP contribution in [0.15, 0.2) is 109 Å². The number of hydrogen-bond donors (Lipinski definition) is 0. The highest BCUT2D eigenvalue weighted by Crippen LogP contribution is 2.40. The SMILES string of the molecule is O=[PH](Oc1cccc2c1ccc1ccccc12)Oc1cccc2c1ccc1ccccc12. The van der Waals surface area contributed by atoms with Crippen LogP contribution in [-0.4, -0.2) is 0 Å². The van der Waals surface area contributed by atoms with E-state index in [1.807, 2.05) is 60.7 Å². The van der Waals surface area contributed by atoms with Gasteiger partial charge in [-0.2, -0.15) is 0 Å². The lowest BCUT2D eigenvalue weighted by Gasteiger charge is -2.13. The molecule has 0 amide bonds. The van der Waals surface area contributed by atoms with Gasteiger partial charge in [0, 0.05) is 10.8 Å². The van der Waals surface area contributed by atoms with Crippen molar-refractivity contribution in [3.05, 3.63) is 109 Å². The van der Waals surface area contributed by atoms with E-state index in [2.05, 4.69) is 48.5 Å². The van der Waals surface area contributed by atoms with Crippen molar-refractivity contribution in [2.45, 2.75) is 0 Å². The minimum absolute atomic E-state index is 0.558. The standard InChI is InChI=1S/C28H19O3P/c29-32(30-27-13-5-11-23-21-9-3-1-7-19(21)15-17-25(23)27)31-28-14-6-12-24-22-10-4-2-8-20(22)16-18-26(24)28/h1-18,32H. The molecule has 6 rings (SSSR count). The maximum absolute atomic E-state index is 12.9. The zero-order valence-electron chi connectivity index (χ0n) is 17.1. The minimum Gasteiger partial charge on any atom is -0.417 e. The second kappa shape index (κ2) is 7.71. The zero-order valence-corrected chi connectivity index (χ0v) is 18.1. The molecule has 32 heavy (non-hydrogen) atoms. The predicted molar refractivity (Wildman–Crippen MR) is 133 cm³/mol. The topological polar surface area (TPSA) is 35.5 Å². The van der Waals surface area contributed by atoms with E-state index in [0.717, 1.165) is 43.1 Å². The molecule has 154 valence electrons. The molecule has 0 heterocycles. The fraction of sp³-hybridized carbons (Fsp3) is 0. The summed E-state index contributed by atoms with van der Waals surface area (Å²) in [7, 11) is -2.83. The van der Waals surface area contributed by atoms with Crippen molar-refractivity contribution in [1.82, 2.24) is 0 Å². The Kier molecular flexibility index (Phi) is 4.56. The van der Waals surface area contributed by atoms with E-state index in [9.17, 15) is 4.57 Å². The minimum atomic E-state index is -2.83. The van der Waals surface area contributed by atoms with Crippen molar-refractivity contribution in [1.29, 1.82) is 0 Å². The summed E-state index contributed by atoms with van der Waals surface area (Å²) in [5.74, 6) is 1.12. The molecule has 6 aromatic rings. The Hall–Kier alpha value is -3.81. The first-order chi connectivity index (χ1) is 15.8. The van der Waals surface area contributed by atoms with Gasteiger partial charge in [0.05, 0.1) is 0 Å². The van der Waals surface area contributed by atoms with Crippen LogP contribution >= 0.6 is 8.25 Å². The van der Waals surface area contributed by atoms with Crippen molar-refractivity contribution >= 4 is 51.3 Å². The molecule has 0 aromatic heterocycles. The Balaban J connectivity index is 1.36. The summed E-state index contributed by atoms with van der Waals surface area (Å²) in [5, 5.41) is 8.54. The fourth-order valence-corrected chi connectivity index (χ4v) is 5.16. The summed E-state index contributed by atoms with van der Waals surface area (Å²) in [4.78, 5) is 0. The number of benzene rings is 6. The van der Waals surface area contributed by atoms with Crippen LogP contribution in [0.3, 0.4) is 0 Å². The molecule has 0 saturated heterocycles. The van der Waals surface area contributed by atoms with Crippen LogP contribution in [0.2, 0.25) is 0 Å². The molecule has 0 fully saturated rings. The third kappa shape index (κ3) is 3.19. The Morgan fingerprint density at radius 3 is 1.34 bits per heavy atom. The molecule has 0 radical (unpaired) electrons. The van der Waals surface area contributed by atoms with Gasteiger partial charge in [0.2, 0.25) is 0 Å². The van der Waals surface area contributed by atoms with Crippen LogP contribution in [0.1, 0.15) is 0 Å². The van der Waals surface area contributed by atoms with E-state index in [0.29, 0.717) is 11.5 Å². The largest absolute Gasteiger partial charge is 0.419 e. The van der Waals surface area contributed by atoms with Crippen LogP contribution in [0.25, 0.3) is 43.1 Å². The molecule has 3 nitrogen and oxygen atoms in total. The summed E-state index contributed by atoms with van der Waals surface area (Å²) in [6.07, 6.45) is 0. The van der Waals surface area contributed by atoms with Crippen molar-refractivity contribution in [2.75, 3.05) is 0 Å². The van der Waals surface area contributed by atoms with E-state index in [1.54, 1.807) is 0 Å². The Labute approximate surface area is 185 Å². The van der Waals surface area contributed by atoms with Gasteiger partial charge < -0.3 is 9.05 Å². The molecule has 0 unspecified atom stereocenters. The first-order valence-electron chi connectivity index (χ1n) is 10.5. The molecule has 0 atom stereocenters. The molecule has 0 saturated carbocycles. The third-order valence-electron chi connectivity index (χ3n) is 5.88. The lowest BCUT2D eigenvalue weighted by Crippen LogP contribution is -1.91. The van der Waals surface area contributed by atoms with Gasteiger partial charge in [-0.1, -0.05) is 97.1 Å². The maximum atomic E-state index is 12.9. The first kappa shape index (κ1) is 18.9. The normalized spacial score (nSPS) is 11.5. The van der Waals surface area contributed by atoms with Gasteiger partial charge >= 0.3 is 8.25 Å². The lowest BCUT2D eigenvalue weighted by atomic mass is 10.0. The Morgan fingerprint density at radius 2 is 0.844 bits per heavy atom. The maximum Gasteiger partial charge on any atom is 0.419 e. The van der Waals surface area contributed by atoms with Crippen molar-refractivity contribution in [2.24, 2.45) is 0 Å². The van der Waals surface area contributed by atoms with Crippen molar-refractivity contribution < 1.29 is 13.6 Å². The fourth-order valence-electron chi connectivity index (χ4n) is 4.40. The average molecular weight is 434 g/mol. The van der Waals surface area contributed by atoms with Crippen LogP contribution in [0.5, 0.6) is 11.5 Å². The number of hydrogen-bond acceptors (Lipinski definition) is 3. The quantitative estimate of drug-likeness (QED) is 0.207. The molecule has 0 N–H and O–H groups in total. The van der Waals surface area contributed by atoms with Gasteiger partial charge in [0.15, 0.2) is 0 Å². The van der Waals surface area contributed by atoms with Crippen LogP contribution in [0.4, 0.5) is 0 Å².